The number of aliphatic carboxylic acids is 1. The van der Waals surface area contributed by atoms with Gasteiger partial charge in [-0.05, 0) is 13.3 Å². The first-order valence-corrected chi connectivity index (χ1v) is 5.32. The molecule has 3 amide bonds. The Hall–Kier alpha value is -2.12. The topological polar surface area (TPSA) is 139 Å². The molecule has 0 fully saturated rings. The fraction of sp³-hybridized carbons (Fsp3) is 0.600. The Morgan fingerprint density at radius 2 is 1.78 bits per heavy atom. The first kappa shape index (κ1) is 15.9. The van der Waals surface area contributed by atoms with Gasteiger partial charge in [-0.2, -0.15) is 0 Å². The van der Waals surface area contributed by atoms with Gasteiger partial charge in [0.05, 0.1) is 0 Å². The van der Waals surface area contributed by atoms with Crippen molar-refractivity contribution in [2.75, 3.05) is 0 Å². The van der Waals surface area contributed by atoms with Crippen LogP contribution in [0.5, 0.6) is 0 Å². The molecule has 0 radical (unpaired) electrons. The van der Waals surface area contributed by atoms with Crippen LogP contribution in [0.4, 0.5) is 0 Å². The van der Waals surface area contributed by atoms with Crippen LogP contribution in [0.2, 0.25) is 0 Å². The van der Waals surface area contributed by atoms with Crippen molar-refractivity contribution >= 4 is 23.7 Å². The van der Waals surface area contributed by atoms with Crippen LogP contribution in [0.15, 0.2) is 0 Å². The molecule has 0 aliphatic rings. The summed E-state index contributed by atoms with van der Waals surface area (Å²) in [7, 11) is 0. The molecule has 0 saturated carbocycles. The maximum atomic E-state index is 11.5. The van der Waals surface area contributed by atoms with Gasteiger partial charge in [-0.25, -0.2) is 4.79 Å². The summed E-state index contributed by atoms with van der Waals surface area (Å²) in [5.41, 5.74) is 4.90. The van der Waals surface area contributed by atoms with Gasteiger partial charge in [-0.1, -0.05) is 0 Å². The SMILES string of the molecule is CC(=O)N[C@@H](C)C(=O)N[C@@H](CCC(N)=O)C(=O)O. The zero-order valence-electron chi connectivity index (χ0n) is 10.2. The van der Waals surface area contributed by atoms with E-state index in [1.54, 1.807) is 0 Å². The van der Waals surface area contributed by atoms with Gasteiger partial charge in [0.15, 0.2) is 0 Å². The predicted octanol–water partition coefficient (Wildman–Crippen LogP) is -1.65. The quantitative estimate of drug-likeness (QED) is 0.433. The Balaban J connectivity index is 4.40. The second-order valence-corrected chi connectivity index (χ2v) is 3.83. The summed E-state index contributed by atoms with van der Waals surface area (Å²) in [5.74, 6) is -2.95. The van der Waals surface area contributed by atoms with Crippen LogP contribution >= 0.6 is 0 Å². The number of carbonyl (C=O) groups excluding carboxylic acids is 3. The zero-order chi connectivity index (χ0) is 14.3. The number of carbonyl (C=O) groups is 4. The normalized spacial score (nSPS) is 13.2. The van der Waals surface area contributed by atoms with Crippen molar-refractivity contribution in [3.05, 3.63) is 0 Å². The molecule has 0 bridgehead atoms. The molecule has 0 unspecified atom stereocenters. The standard InChI is InChI=1S/C10H17N3O5/c1-5(12-6(2)14)9(16)13-7(10(17)18)3-4-8(11)15/h5,7H,3-4H2,1-2H3,(H2,11,15)(H,12,14)(H,13,16)(H,17,18)/t5-,7-/m0/s1. The number of nitrogens with one attached hydrogen (secondary N) is 2. The summed E-state index contributed by atoms with van der Waals surface area (Å²) >= 11 is 0. The van der Waals surface area contributed by atoms with Crippen LogP contribution < -0.4 is 16.4 Å². The summed E-state index contributed by atoms with van der Waals surface area (Å²) < 4.78 is 0. The fourth-order valence-electron chi connectivity index (χ4n) is 1.21. The first-order valence-electron chi connectivity index (χ1n) is 5.32. The largest absolute Gasteiger partial charge is 0.480 e. The van der Waals surface area contributed by atoms with Crippen LogP contribution in [0.3, 0.4) is 0 Å². The summed E-state index contributed by atoms with van der Waals surface area (Å²) in [6, 6.07) is -2.06. The van der Waals surface area contributed by atoms with Crippen LogP contribution in [0, 0.1) is 0 Å². The third-order valence-electron chi connectivity index (χ3n) is 2.11. The van der Waals surface area contributed by atoms with Gasteiger partial charge in [0.25, 0.3) is 0 Å². The van der Waals surface area contributed by atoms with Crippen LogP contribution in [0.1, 0.15) is 26.7 Å². The Morgan fingerprint density at radius 1 is 1.22 bits per heavy atom. The minimum absolute atomic E-state index is 0.0940. The molecular formula is C10H17N3O5. The fourth-order valence-corrected chi connectivity index (χ4v) is 1.21. The number of rotatable bonds is 7. The molecule has 0 aliphatic carbocycles. The average molecular weight is 259 g/mol. The van der Waals surface area contributed by atoms with Crippen molar-refractivity contribution in [1.29, 1.82) is 0 Å². The number of nitrogens with two attached hydrogens (primary N) is 1. The molecule has 2 atom stereocenters. The highest BCUT2D eigenvalue weighted by atomic mass is 16.4. The summed E-state index contributed by atoms with van der Waals surface area (Å²) in [6.07, 6.45) is -0.241. The lowest BCUT2D eigenvalue weighted by molar-refractivity contribution is -0.142. The van der Waals surface area contributed by atoms with E-state index in [0.717, 1.165) is 0 Å². The second kappa shape index (κ2) is 7.25. The molecule has 0 spiro atoms. The molecule has 8 nitrogen and oxygen atoms in total. The number of hydrogen-bond acceptors (Lipinski definition) is 4. The van der Waals surface area contributed by atoms with E-state index in [-0.39, 0.29) is 12.8 Å². The van der Waals surface area contributed by atoms with Crippen molar-refractivity contribution in [3.8, 4) is 0 Å². The molecule has 0 heterocycles. The number of hydrogen-bond donors (Lipinski definition) is 4. The highest BCUT2D eigenvalue weighted by molar-refractivity contribution is 5.89. The molecule has 18 heavy (non-hydrogen) atoms. The molecule has 0 saturated heterocycles. The van der Waals surface area contributed by atoms with Crippen LogP contribution in [-0.2, 0) is 19.2 Å². The Kier molecular flexibility index (Phi) is 6.40. The second-order valence-electron chi connectivity index (χ2n) is 3.83. The lowest BCUT2D eigenvalue weighted by atomic mass is 10.1. The highest BCUT2D eigenvalue weighted by Crippen LogP contribution is 1.98. The van der Waals surface area contributed by atoms with E-state index in [4.69, 9.17) is 10.8 Å². The molecule has 8 heteroatoms. The summed E-state index contributed by atoms with van der Waals surface area (Å²) in [6.45, 7) is 2.66. The number of carboxylic acids is 1. The van der Waals surface area contributed by atoms with Crippen molar-refractivity contribution in [3.63, 3.8) is 0 Å². The minimum Gasteiger partial charge on any atom is -0.480 e. The molecule has 102 valence electrons. The van der Waals surface area contributed by atoms with E-state index in [0.29, 0.717) is 0 Å². The Labute approximate surface area is 104 Å². The van der Waals surface area contributed by atoms with E-state index >= 15 is 0 Å². The number of carboxylic acid groups (broad SMARTS) is 1. The van der Waals surface area contributed by atoms with Crippen LogP contribution in [0.25, 0.3) is 0 Å². The molecular weight excluding hydrogens is 242 g/mol. The van der Waals surface area contributed by atoms with E-state index in [2.05, 4.69) is 10.6 Å². The van der Waals surface area contributed by atoms with Crippen molar-refractivity contribution in [2.24, 2.45) is 5.73 Å². The third-order valence-corrected chi connectivity index (χ3v) is 2.11. The Morgan fingerprint density at radius 3 is 2.17 bits per heavy atom. The third kappa shape index (κ3) is 6.46. The van der Waals surface area contributed by atoms with Gasteiger partial charge in [0, 0.05) is 13.3 Å². The lowest BCUT2D eigenvalue weighted by Crippen LogP contribution is -2.50. The summed E-state index contributed by atoms with van der Waals surface area (Å²) in [4.78, 5) is 43.6. The average Bonchev–Trinajstić information content (AvgIpc) is 2.21. The maximum absolute atomic E-state index is 11.5. The van der Waals surface area contributed by atoms with Crippen molar-refractivity contribution < 1.29 is 24.3 Å². The number of amides is 3. The van der Waals surface area contributed by atoms with E-state index in [1.807, 2.05) is 0 Å². The molecule has 0 aromatic carbocycles. The minimum atomic E-state index is -1.26. The van der Waals surface area contributed by atoms with Gasteiger partial charge in [-0.3, -0.25) is 14.4 Å². The van der Waals surface area contributed by atoms with E-state index in [1.165, 1.54) is 13.8 Å². The highest BCUT2D eigenvalue weighted by Gasteiger charge is 2.23. The molecule has 5 N–H and O–H groups in total. The van der Waals surface area contributed by atoms with Crippen molar-refractivity contribution in [2.45, 2.75) is 38.8 Å². The molecule has 0 aliphatic heterocycles. The smallest absolute Gasteiger partial charge is 0.326 e. The van der Waals surface area contributed by atoms with Gasteiger partial charge < -0.3 is 21.5 Å². The summed E-state index contributed by atoms with van der Waals surface area (Å²) in [5, 5.41) is 13.4. The first-order chi connectivity index (χ1) is 8.23. The van der Waals surface area contributed by atoms with Gasteiger partial charge in [-0.15, -0.1) is 0 Å². The molecule has 0 aromatic rings. The lowest BCUT2D eigenvalue weighted by Gasteiger charge is -2.17. The molecule has 0 rings (SSSR count). The monoisotopic (exact) mass is 259 g/mol. The zero-order valence-corrected chi connectivity index (χ0v) is 10.2. The maximum Gasteiger partial charge on any atom is 0.326 e. The van der Waals surface area contributed by atoms with E-state index in [9.17, 15) is 19.2 Å². The predicted molar refractivity (Wildman–Crippen MR) is 61.3 cm³/mol. The molecule has 0 aromatic heterocycles. The van der Waals surface area contributed by atoms with Gasteiger partial charge in [0.2, 0.25) is 17.7 Å². The van der Waals surface area contributed by atoms with Crippen molar-refractivity contribution in [1.82, 2.24) is 10.6 Å². The number of primary amides is 1. The Bertz CT molecular complexity index is 355. The van der Waals surface area contributed by atoms with Gasteiger partial charge in [0.1, 0.15) is 12.1 Å². The van der Waals surface area contributed by atoms with Gasteiger partial charge >= 0.3 is 5.97 Å². The van der Waals surface area contributed by atoms with E-state index < -0.39 is 35.8 Å². The van der Waals surface area contributed by atoms with Crippen LogP contribution in [-0.4, -0.2) is 40.9 Å².